The molecule has 5 heteroatoms. The number of nitrogens with zero attached hydrogens (tertiary/aromatic N) is 3. The molecule has 5 nitrogen and oxygen atoms in total. The Kier molecular flexibility index (Phi) is 5.81. The van der Waals surface area contributed by atoms with Crippen LogP contribution < -0.4 is 0 Å². The largest absolute Gasteiger partial charge is 0.468 e. The molecule has 0 aromatic rings. The molecule has 2 saturated heterocycles. The highest BCUT2D eigenvalue weighted by Crippen LogP contribution is 2.17. The first-order valence-corrected chi connectivity index (χ1v) is 7.86. The number of likely N-dealkylation sites (tertiary alicyclic amines) is 1. The van der Waals surface area contributed by atoms with E-state index in [1.54, 1.807) is 0 Å². The van der Waals surface area contributed by atoms with Gasteiger partial charge in [-0.2, -0.15) is 0 Å². The van der Waals surface area contributed by atoms with Crippen molar-refractivity contribution in [3.8, 4) is 0 Å². The molecule has 0 aliphatic carbocycles. The van der Waals surface area contributed by atoms with Crippen molar-refractivity contribution in [2.45, 2.75) is 38.3 Å². The van der Waals surface area contributed by atoms with Crippen LogP contribution in [0.3, 0.4) is 0 Å². The fourth-order valence-corrected chi connectivity index (χ4v) is 3.33. The maximum Gasteiger partial charge on any atom is 0.322 e. The maximum absolute atomic E-state index is 11.6. The Labute approximate surface area is 122 Å². The fourth-order valence-electron chi connectivity index (χ4n) is 3.33. The van der Waals surface area contributed by atoms with Crippen LogP contribution >= 0.6 is 0 Å². The van der Waals surface area contributed by atoms with Crippen LogP contribution in [0.4, 0.5) is 0 Å². The Morgan fingerprint density at radius 3 is 2.50 bits per heavy atom. The van der Waals surface area contributed by atoms with Crippen molar-refractivity contribution < 1.29 is 9.53 Å². The zero-order valence-corrected chi connectivity index (χ0v) is 13.2. The Morgan fingerprint density at radius 2 is 1.90 bits per heavy atom. The highest BCUT2D eigenvalue weighted by Gasteiger charge is 2.28. The number of hydrogen-bond donors (Lipinski definition) is 0. The van der Waals surface area contributed by atoms with E-state index in [0.717, 1.165) is 26.2 Å². The summed E-state index contributed by atoms with van der Waals surface area (Å²) in [6.07, 6.45) is 4.04. The van der Waals surface area contributed by atoms with Crippen LogP contribution in [-0.4, -0.2) is 86.2 Å². The zero-order valence-electron chi connectivity index (χ0n) is 13.2. The number of carbonyl (C=O) groups is 1. The van der Waals surface area contributed by atoms with Gasteiger partial charge in [0.1, 0.15) is 6.04 Å². The minimum atomic E-state index is -0.120. The molecular formula is C15H29N3O2. The third-order valence-corrected chi connectivity index (χ3v) is 4.89. The topological polar surface area (TPSA) is 36.0 Å². The molecule has 20 heavy (non-hydrogen) atoms. The molecule has 0 amide bonds. The molecule has 0 bridgehead atoms. The third-order valence-electron chi connectivity index (χ3n) is 4.89. The summed E-state index contributed by atoms with van der Waals surface area (Å²) in [5.41, 5.74) is 0. The van der Waals surface area contributed by atoms with Crippen LogP contribution in [0, 0.1) is 0 Å². The van der Waals surface area contributed by atoms with Crippen molar-refractivity contribution in [3.63, 3.8) is 0 Å². The van der Waals surface area contributed by atoms with Gasteiger partial charge in [-0.05, 0) is 33.4 Å². The van der Waals surface area contributed by atoms with Crippen LogP contribution in [-0.2, 0) is 9.53 Å². The first kappa shape index (κ1) is 15.7. The minimum Gasteiger partial charge on any atom is -0.468 e. The number of likely N-dealkylation sites (N-methyl/N-ethyl adjacent to an activating group) is 1. The molecule has 0 saturated carbocycles. The van der Waals surface area contributed by atoms with E-state index in [1.807, 2.05) is 6.92 Å². The summed E-state index contributed by atoms with van der Waals surface area (Å²) < 4.78 is 4.83. The van der Waals surface area contributed by atoms with Crippen molar-refractivity contribution in [2.24, 2.45) is 0 Å². The minimum absolute atomic E-state index is 0.112. The van der Waals surface area contributed by atoms with Gasteiger partial charge in [-0.15, -0.1) is 0 Å². The Balaban J connectivity index is 1.75. The Hall–Kier alpha value is -0.650. The van der Waals surface area contributed by atoms with E-state index >= 15 is 0 Å². The molecule has 2 aliphatic heterocycles. The van der Waals surface area contributed by atoms with E-state index in [0.29, 0.717) is 6.04 Å². The van der Waals surface area contributed by atoms with E-state index in [9.17, 15) is 4.79 Å². The second-order valence-electron chi connectivity index (χ2n) is 6.17. The summed E-state index contributed by atoms with van der Waals surface area (Å²) in [4.78, 5) is 18.9. The van der Waals surface area contributed by atoms with Gasteiger partial charge in [-0.1, -0.05) is 6.42 Å². The predicted molar refractivity (Wildman–Crippen MR) is 79.8 cm³/mol. The van der Waals surface area contributed by atoms with Gasteiger partial charge in [0.25, 0.3) is 0 Å². The summed E-state index contributed by atoms with van der Waals surface area (Å²) in [6.45, 7) is 8.41. The average Bonchev–Trinajstić information content (AvgIpc) is 2.49. The summed E-state index contributed by atoms with van der Waals surface area (Å²) in [5.74, 6) is -0.120. The Bertz CT molecular complexity index is 316. The van der Waals surface area contributed by atoms with Gasteiger partial charge in [0.15, 0.2) is 0 Å². The number of ether oxygens (including phenoxy) is 1. The number of piperazine rings is 1. The molecule has 2 unspecified atom stereocenters. The van der Waals surface area contributed by atoms with Crippen molar-refractivity contribution in [2.75, 3.05) is 53.4 Å². The van der Waals surface area contributed by atoms with Crippen molar-refractivity contribution in [1.82, 2.24) is 14.7 Å². The van der Waals surface area contributed by atoms with Crippen LogP contribution in [0.2, 0.25) is 0 Å². The van der Waals surface area contributed by atoms with Gasteiger partial charge in [-0.25, -0.2) is 0 Å². The lowest BCUT2D eigenvalue weighted by Gasteiger charge is -2.41. The van der Waals surface area contributed by atoms with Gasteiger partial charge < -0.3 is 9.64 Å². The second kappa shape index (κ2) is 7.38. The average molecular weight is 283 g/mol. The second-order valence-corrected chi connectivity index (χ2v) is 6.17. The maximum atomic E-state index is 11.6. The highest BCUT2D eigenvalue weighted by molar-refractivity contribution is 5.75. The van der Waals surface area contributed by atoms with E-state index in [1.165, 1.54) is 39.5 Å². The summed E-state index contributed by atoms with van der Waals surface area (Å²) in [7, 11) is 3.72. The van der Waals surface area contributed by atoms with E-state index in [2.05, 4.69) is 21.7 Å². The van der Waals surface area contributed by atoms with Crippen molar-refractivity contribution in [3.05, 3.63) is 0 Å². The molecule has 2 atom stereocenters. The van der Waals surface area contributed by atoms with Crippen molar-refractivity contribution >= 4 is 5.97 Å². The lowest BCUT2D eigenvalue weighted by molar-refractivity contribution is -0.147. The van der Waals surface area contributed by atoms with Gasteiger partial charge in [-0.3, -0.25) is 14.6 Å². The third kappa shape index (κ3) is 3.93. The van der Waals surface area contributed by atoms with Crippen LogP contribution in [0.5, 0.6) is 0 Å². The number of esters is 1. The summed E-state index contributed by atoms with van der Waals surface area (Å²) in [6, 6.07) is 0.604. The summed E-state index contributed by atoms with van der Waals surface area (Å²) >= 11 is 0. The van der Waals surface area contributed by atoms with Gasteiger partial charge >= 0.3 is 5.97 Å². The molecule has 0 radical (unpaired) electrons. The lowest BCUT2D eigenvalue weighted by Crippen LogP contribution is -2.54. The number of methoxy groups -OCH3 is 1. The molecule has 2 rings (SSSR count). The predicted octanol–water partition coefficient (Wildman–Crippen LogP) is 0.650. The molecular weight excluding hydrogens is 254 g/mol. The Morgan fingerprint density at radius 1 is 1.20 bits per heavy atom. The van der Waals surface area contributed by atoms with E-state index < -0.39 is 0 Å². The van der Waals surface area contributed by atoms with Crippen LogP contribution in [0.25, 0.3) is 0 Å². The first-order chi connectivity index (χ1) is 9.61. The SMILES string of the molecule is COC(=O)C(C)N1CCN(CC2CCCCN2C)CC1. The number of hydrogen-bond acceptors (Lipinski definition) is 5. The van der Waals surface area contributed by atoms with Crippen LogP contribution in [0.1, 0.15) is 26.2 Å². The molecule has 0 aromatic carbocycles. The number of piperidine rings is 1. The normalized spacial score (nSPS) is 28.2. The highest BCUT2D eigenvalue weighted by atomic mass is 16.5. The molecule has 0 spiro atoms. The van der Waals surface area contributed by atoms with Crippen LogP contribution in [0.15, 0.2) is 0 Å². The molecule has 0 aromatic heterocycles. The smallest absolute Gasteiger partial charge is 0.322 e. The summed E-state index contributed by atoms with van der Waals surface area (Å²) in [5, 5.41) is 0. The van der Waals surface area contributed by atoms with E-state index in [4.69, 9.17) is 4.74 Å². The van der Waals surface area contributed by atoms with Gasteiger partial charge in [0.2, 0.25) is 0 Å². The quantitative estimate of drug-likeness (QED) is 0.708. The number of carbonyl (C=O) groups excluding carboxylic acids is 1. The van der Waals surface area contributed by atoms with Gasteiger partial charge in [0, 0.05) is 38.8 Å². The first-order valence-electron chi connectivity index (χ1n) is 7.86. The molecule has 2 aliphatic rings. The van der Waals surface area contributed by atoms with Gasteiger partial charge in [0.05, 0.1) is 7.11 Å². The van der Waals surface area contributed by atoms with Crippen molar-refractivity contribution in [1.29, 1.82) is 0 Å². The molecule has 2 fully saturated rings. The monoisotopic (exact) mass is 283 g/mol. The standard InChI is InChI=1S/C15H29N3O2/c1-13(15(19)20-3)18-10-8-17(9-11-18)12-14-6-4-5-7-16(14)2/h13-14H,4-12H2,1-3H3. The zero-order chi connectivity index (χ0) is 14.5. The molecule has 116 valence electrons. The number of rotatable bonds is 4. The fraction of sp³-hybridized carbons (Fsp3) is 0.933. The molecule has 0 N–H and O–H groups in total. The van der Waals surface area contributed by atoms with E-state index in [-0.39, 0.29) is 12.0 Å². The lowest BCUT2D eigenvalue weighted by atomic mass is 10.0. The molecule has 2 heterocycles.